The number of ether oxygens (including phenoxy) is 1. The number of nitrogens with one attached hydrogen (secondary N) is 2. The van der Waals surface area contributed by atoms with E-state index in [9.17, 15) is 4.79 Å². The average Bonchev–Trinajstić information content (AvgIpc) is 2.97. The molecule has 5 heteroatoms. The fourth-order valence-corrected chi connectivity index (χ4v) is 3.52. The van der Waals surface area contributed by atoms with Crippen LogP contribution in [0.5, 0.6) is 5.75 Å². The van der Waals surface area contributed by atoms with Crippen LogP contribution in [0.4, 0.5) is 5.69 Å². The minimum absolute atomic E-state index is 0.0828. The van der Waals surface area contributed by atoms with Crippen molar-refractivity contribution in [2.24, 2.45) is 0 Å². The van der Waals surface area contributed by atoms with Gasteiger partial charge in [0.2, 0.25) is 0 Å². The number of carbonyl (C=O) groups excluding carboxylic acids is 1. The van der Waals surface area contributed by atoms with Gasteiger partial charge in [0.15, 0.2) is 0 Å². The number of benzene rings is 1. The standard InChI is InChI=1S/C22H29N3O2/c1-27-21-10-8-17(9-11-21)12-13-24-22(26)18-14-20(16-23-15-18)25-19-6-4-2-3-5-7-19/h8-11,14-16,19,25H,2-7,12-13H2,1H3,(H,24,26). The minimum atomic E-state index is -0.0828. The molecule has 1 aromatic heterocycles. The number of anilines is 1. The summed E-state index contributed by atoms with van der Waals surface area (Å²) in [5, 5.41) is 6.53. The Morgan fingerprint density at radius 2 is 1.85 bits per heavy atom. The zero-order chi connectivity index (χ0) is 18.9. The van der Waals surface area contributed by atoms with Crippen molar-refractivity contribution in [3.63, 3.8) is 0 Å². The molecule has 1 amide bonds. The highest BCUT2D eigenvalue weighted by Crippen LogP contribution is 2.21. The highest BCUT2D eigenvalue weighted by Gasteiger charge is 2.13. The van der Waals surface area contributed by atoms with Gasteiger partial charge in [-0.05, 0) is 43.0 Å². The molecule has 2 aromatic rings. The second kappa shape index (κ2) is 9.95. The van der Waals surface area contributed by atoms with Gasteiger partial charge in [0.05, 0.1) is 18.4 Å². The lowest BCUT2D eigenvalue weighted by Gasteiger charge is -2.17. The van der Waals surface area contributed by atoms with Gasteiger partial charge in [-0.25, -0.2) is 0 Å². The quantitative estimate of drug-likeness (QED) is 0.720. The Balaban J connectivity index is 1.50. The van der Waals surface area contributed by atoms with E-state index < -0.39 is 0 Å². The van der Waals surface area contributed by atoms with Crippen molar-refractivity contribution in [1.82, 2.24) is 10.3 Å². The molecule has 144 valence electrons. The average molecular weight is 367 g/mol. The minimum Gasteiger partial charge on any atom is -0.497 e. The van der Waals surface area contributed by atoms with Gasteiger partial charge < -0.3 is 15.4 Å². The van der Waals surface area contributed by atoms with Gasteiger partial charge >= 0.3 is 0 Å². The highest BCUT2D eigenvalue weighted by molar-refractivity contribution is 5.94. The van der Waals surface area contributed by atoms with Gasteiger partial charge in [-0.1, -0.05) is 37.8 Å². The molecule has 0 radical (unpaired) electrons. The summed E-state index contributed by atoms with van der Waals surface area (Å²) >= 11 is 0. The number of hydrogen-bond acceptors (Lipinski definition) is 4. The lowest BCUT2D eigenvalue weighted by atomic mass is 10.1. The molecule has 0 unspecified atom stereocenters. The summed E-state index contributed by atoms with van der Waals surface area (Å²) in [6.07, 6.45) is 11.8. The Morgan fingerprint density at radius 3 is 2.56 bits per heavy atom. The smallest absolute Gasteiger partial charge is 0.252 e. The topological polar surface area (TPSA) is 63.2 Å². The van der Waals surface area contributed by atoms with Gasteiger partial charge in [0.1, 0.15) is 5.75 Å². The van der Waals surface area contributed by atoms with Crippen LogP contribution < -0.4 is 15.4 Å². The predicted molar refractivity (Wildman–Crippen MR) is 108 cm³/mol. The normalized spacial score (nSPS) is 15.0. The number of amides is 1. The molecule has 5 nitrogen and oxygen atoms in total. The molecule has 1 fully saturated rings. The molecule has 0 spiro atoms. The van der Waals surface area contributed by atoms with Crippen LogP contribution in [0.25, 0.3) is 0 Å². The SMILES string of the molecule is COc1ccc(CCNC(=O)c2cncc(NC3CCCCCC3)c2)cc1. The monoisotopic (exact) mass is 367 g/mol. The van der Waals surface area contributed by atoms with Crippen LogP contribution in [0, 0.1) is 0 Å². The third-order valence-corrected chi connectivity index (χ3v) is 5.08. The summed E-state index contributed by atoms with van der Waals surface area (Å²) < 4.78 is 5.16. The van der Waals surface area contributed by atoms with E-state index in [-0.39, 0.29) is 5.91 Å². The van der Waals surface area contributed by atoms with Gasteiger partial charge in [-0.3, -0.25) is 9.78 Å². The summed E-state index contributed by atoms with van der Waals surface area (Å²) in [5.74, 6) is 0.757. The van der Waals surface area contributed by atoms with Crippen molar-refractivity contribution < 1.29 is 9.53 Å². The zero-order valence-corrected chi connectivity index (χ0v) is 16.0. The Kier molecular flexibility index (Phi) is 7.08. The van der Waals surface area contributed by atoms with Gasteiger partial charge in [0, 0.05) is 25.0 Å². The summed E-state index contributed by atoms with van der Waals surface area (Å²) in [6.45, 7) is 0.589. The van der Waals surface area contributed by atoms with Gasteiger partial charge in [-0.2, -0.15) is 0 Å². The molecular weight excluding hydrogens is 338 g/mol. The molecule has 1 saturated carbocycles. The van der Waals surface area contributed by atoms with Crippen molar-refractivity contribution in [3.05, 3.63) is 53.9 Å². The first-order valence-electron chi connectivity index (χ1n) is 9.87. The van der Waals surface area contributed by atoms with Crippen LogP contribution >= 0.6 is 0 Å². The Hall–Kier alpha value is -2.56. The fraction of sp³-hybridized carbons (Fsp3) is 0.455. The maximum Gasteiger partial charge on any atom is 0.252 e. The number of methoxy groups -OCH3 is 1. The maximum atomic E-state index is 12.4. The Morgan fingerprint density at radius 1 is 1.11 bits per heavy atom. The van der Waals surface area contributed by atoms with Crippen LogP contribution in [-0.4, -0.2) is 30.6 Å². The number of aromatic nitrogens is 1. The van der Waals surface area contributed by atoms with E-state index in [1.165, 1.54) is 38.5 Å². The molecule has 1 aliphatic rings. The van der Waals surface area contributed by atoms with Crippen LogP contribution in [-0.2, 0) is 6.42 Å². The van der Waals surface area contributed by atoms with Crippen LogP contribution in [0.1, 0.15) is 54.4 Å². The molecule has 1 aromatic carbocycles. The maximum absolute atomic E-state index is 12.4. The van der Waals surface area contributed by atoms with Crippen molar-refractivity contribution in [1.29, 1.82) is 0 Å². The summed E-state index contributed by atoms with van der Waals surface area (Å²) in [6, 6.07) is 10.3. The molecule has 0 atom stereocenters. The first-order chi connectivity index (χ1) is 13.2. The van der Waals surface area contributed by atoms with Gasteiger partial charge in [-0.15, -0.1) is 0 Å². The molecule has 1 heterocycles. The largest absolute Gasteiger partial charge is 0.497 e. The van der Waals surface area contributed by atoms with Crippen molar-refractivity contribution in [3.8, 4) is 5.75 Å². The Bertz CT molecular complexity index is 723. The molecule has 27 heavy (non-hydrogen) atoms. The fourth-order valence-electron chi connectivity index (χ4n) is 3.52. The third-order valence-electron chi connectivity index (χ3n) is 5.08. The first kappa shape index (κ1) is 19.2. The number of rotatable bonds is 7. The Labute approximate surface area is 161 Å². The molecule has 0 bridgehead atoms. The summed E-state index contributed by atoms with van der Waals surface area (Å²) in [7, 11) is 1.65. The van der Waals surface area contributed by atoms with Crippen molar-refractivity contribution in [2.45, 2.75) is 51.0 Å². The lowest BCUT2D eigenvalue weighted by molar-refractivity contribution is 0.0954. The second-order valence-corrected chi connectivity index (χ2v) is 7.15. The van der Waals surface area contributed by atoms with E-state index >= 15 is 0 Å². The number of nitrogens with zero attached hydrogens (tertiary/aromatic N) is 1. The summed E-state index contributed by atoms with van der Waals surface area (Å²) in [5.41, 5.74) is 2.70. The van der Waals surface area contributed by atoms with Crippen molar-refractivity contribution >= 4 is 11.6 Å². The predicted octanol–water partition coefficient (Wildman–Crippen LogP) is 4.20. The first-order valence-corrected chi connectivity index (χ1v) is 9.87. The molecule has 0 aliphatic heterocycles. The molecule has 1 aliphatic carbocycles. The van der Waals surface area contributed by atoms with Crippen LogP contribution in [0.3, 0.4) is 0 Å². The van der Waals surface area contributed by atoms with Crippen LogP contribution in [0.15, 0.2) is 42.7 Å². The van der Waals surface area contributed by atoms with E-state index in [4.69, 9.17) is 4.74 Å². The van der Waals surface area contributed by atoms with E-state index in [0.717, 1.165) is 23.4 Å². The third kappa shape index (κ3) is 5.98. The van der Waals surface area contributed by atoms with Crippen LogP contribution in [0.2, 0.25) is 0 Å². The van der Waals surface area contributed by atoms with E-state index in [2.05, 4.69) is 15.6 Å². The van der Waals surface area contributed by atoms with E-state index in [0.29, 0.717) is 18.2 Å². The van der Waals surface area contributed by atoms with Gasteiger partial charge in [0.25, 0.3) is 5.91 Å². The molecular formula is C22H29N3O2. The number of pyridine rings is 1. The summed E-state index contributed by atoms with van der Waals surface area (Å²) in [4.78, 5) is 16.7. The molecule has 0 saturated heterocycles. The van der Waals surface area contributed by atoms with Crippen molar-refractivity contribution in [2.75, 3.05) is 19.0 Å². The zero-order valence-electron chi connectivity index (χ0n) is 16.0. The molecule has 3 rings (SSSR count). The lowest BCUT2D eigenvalue weighted by Crippen LogP contribution is -2.26. The number of hydrogen-bond donors (Lipinski definition) is 2. The van der Waals surface area contributed by atoms with E-state index in [1.54, 1.807) is 19.5 Å². The molecule has 2 N–H and O–H groups in total. The second-order valence-electron chi connectivity index (χ2n) is 7.15. The van der Waals surface area contributed by atoms with E-state index in [1.807, 2.05) is 30.3 Å². The highest BCUT2D eigenvalue weighted by atomic mass is 16.5. The number of carbonyl (C=O) groups is 1.